The zero-order chi connectivity index (χ0) is 9.14. The van der Waals surface area contributed by atoms with Gasteiger partial charge in [-0.15, -0.1) is 0 Å². The summed E-state index contributed by atoms with van der Waals surface area (Å²) in [6.45, 7) is 0. The van der Waals surface area contributed by atoms with Crippen molar-refractivity contribution in [3.8, 4) is 5.75 Å². The van der Waals surface area contributed by atoms with E-state index in [1.165, 1.54) is 13.2 Å². The van der Waals surface area contributed by atoms with E-state index < -0.39 is 16.9 Å². The number of hydrogen-bond acceptors (Lipinski definition) is 3. The van der Waals surface area contributed by atoms with Crippen LogP contribution in [0.1, 0.15) is 0 Å². The summed E-state index contributed by atoms with van der Waals surface area (Å²) in [7, 11) is 1.27. The zero-order valence-corrected chi connectivity index (χ0v) is 10.1. The van der Waals surface area contributed by atoms with E-state index in [2.05, 4.69) is 4.74 Å². The molecule has 0 bridgehead atoms. The van der Waals surface area contributed by atoms with Crippen LogP contribution in [0.25, 0.3) is 0 Å². The van der Waals surface area contributed by atoms with Crippen molar-refractivity contribution in [3.05, 3.63) is 24.0 Å². The second-order valence-corrected chi connectivity index (χ2v) is 2.97. The smallest absolute Gasteiger partial charge is 0.768 e. The summed E-state index contributed by atoms with van der Waals surface area (Å²) in [5.74, 6) is -0.650. The van der Waals surface area contributed by atoms with Gasteiger partial charge in [-0.1, -0.05) is 0 Å². The number of hydrogen-bond donors (Lipinski definition) is 0. The van der Waals surface area contributed by atoms with Crippen LogP contribution in [0.5, 0.6) is 5.75 Å². The fourth-order valence-corrected chi connectivity index (χ4v) is 1.13. The zero-order valence-electron chi connectivity index (χ0n) is 7.24. The van der Waals surface area contributed by atoms with Gasteiger partial charge in [0.1, 0.15) is 0 Å². The number of halogens is 1. The summed E-state index contributed by atoms with van der Waals surface area (Å²) in [6.07, 6.45) is 0. The molecule has 1 aromatic carbocycles. The van der Waals surface area contributed by atoms with Crippen LogP contribution in [-0.4, -0.2) is 15.9 Å². The molecular weight excluding hydrogens is 206 g/mol. The Labute approximate surface area is 99.9 Å². The maximum atomic E-state index is 12.7. The Morgan fingerprint density at radius 3 is 2.62 bits per heavy atom. The number of rotatable bonds is 2. The van der Waals surface area contributed by atoms with E-state index >= 15 is 0 Å². The quantitative estimate of drug-likeness (QED) is 0.424. The predicted octanol–water partition coefficient (Wildman–Crippen LogP) is -1.92. The molecule has 0 fully saturated rings. The molecule has 0 aliphatic rings. The van der Waals surface area contributed by atoms with E-state index in [0.717, 1.165) is 12.1 Å². The van der Waals surface area contributed by atoms with E-state index in [1.807, 2.05) is 0 Å². The van der Waals surface area contributed by atoms with Gasteiger partial charge in [-0.25, -0.2) is 4.39 Å². The van der Waals surface area contributed by atoms with Gasteiger partial charge >= 0.3 is 29.6 Å². The van der Waals surface area contributed by atoms with Gasteiger partial charge < -0.3 is 9.29 Å². The molecule has 0 spiro atoms. The van der Waals surface area contributed by atoms with Crippen LogP contribution in [0.15, 0.2) is 23.1 Å². The Hall–Kier alpha value is 0.0600. The van der Waals surface area contributed by atoms with E-state index in [4.69, 9.17) is 0 Å². The van der Waals surface area contributed by atoms with Crippen molar-refractivity contribution < 1.29 is 47.4 Å². The van der Waals surface area contributed by atoms with Crippen molar-refractivity contribution >= 4 is 11.1 Å². The molecule has 0 heterocycles. The molecule has 0 saturated carbocycles. The van der Waals surface area contributed by atoms with E-state index in [9.17, 15) is 13.2 Å². The van der Waals surface area contributed by atoms with Crippen LogP contribution < -0.4 is 34.3 Å². The Kier molecular flexibility index (Phi) is 5.75. The van der Waals surface area contributed by atoms with Gasteiger partial charge in [-0.2, -0.15) is 0 Å². The largest absolute Gasteiger partial charge is 1.00 e. The summed E-state index contributed by atoms with van der Waals surface area (Å²) < 4.78 is 38.1. The first-order valence-corrected chi connectivity index (χ1v) is 4.15. The number of ether oxygens (including phenoxy) is 1. The van der Waals surface area contributed by atoms with Crippen LogP contribution in [0.3, 0.4) is 0 Å². The molecule has 0 aromatic heterocycles. The van der Waals surface area contributed by atoms with Gasteiger partial charge in [0.25, 0.3) is 0 Å². The molecule has 6 heteroatoms. The second-order valence-electron chi connectivity index (χ2n) is 2.03. The van der Waals surface area contributed by atoms with Crippen molar-refractivity contribution in [2.45, 2.75) is 4.90 Å². The molecule has 0 aliphatic heterocycles. The molecule has 66 valence electrons. The van der Waals surface area contributed by atoms with Gasteiger partial charge in [0.05, 0.1) is 7.11 Å². The monoisotopic (exact) mass is 212 g/mol. The van der Waals surface area contributed by atoms with Crippen molar-refractivity contribution in [3.63, 3.8) is 0 Å². The Morgan fingerprint density at radius 1 is 1.54 bits per heavy atom. The topological polar surface area (TPSA) is 49.4 Å². The Balaban J connectivity index is 0.00000144. The van der Waals surface area contributed by atoms with Crippen LogP contribution >= 0.6 is 0 Å². The third kappa shape index (κ3) is 3.36. The molecule has 1 rings (SSSR count). The molecule has 0 N–H and O–H groups in total. The Morgan fingerprint density at radius 2 is 2.15 bits per heavy atom. The summed E-state index contributed by atoms with van der Waals surface area (Å²) in [5, 5.41) is 0. The molecule has 1 unspecified atom stereocenters. The third-order valence-electron chi connectivity index (χ3n) is 1.32. The van der Waals surface area contributed by atoms with E-state index in [1.54, 1.807) is 0 Å². The molecule has 1 atom stereocenters. The maximum Gasteiger partial charge on any atom is 1.00 e. The minimum atomic E-state index is -2.35. The van der Waals surface area contributed by atoms with Crippen molar-refractivity contribution in [2.75, 3.05) is 7.11 Å². The average molecular weight is 212 g/mol. The average Bonchev–Trinajstić information content (AvgIpc) is 2.05. The fraction of sp³-hybridized carbons (Fsp3) is 0.143. The molecule has 0 amide bonds. The molecule has 13 heavy (non-hydrogen) atoms. The van der Waals surface area contributed by atoms with Crippen LogP contribution in [0.4, 0.5) is 4.39 Å². The van der Waals surface area contributed by atoms with Crippen molar-refractivity contribution in [1.29, 1.82) is 0 Å². The van der Waals surface area contributed by atoms with Crippen molar-refractivity contribution in [2.24, 2.45) is 0 Å². The summed E-state index contributed by atoms with van der Waals surface area (Å²) in [4.78, 5) is 0.00764. The van der Waals surface area contributed by atoms with Gasteiger partial charge in [0.2, 0.25) is 0 Å². The molecule has 0 saturated heterocycles. The summed E-state index contributed by atoms with van der Waals surface area (Å²) >= 11 is -2.35. The first-order chi connectivity index (χ1) is 5.65. The summed E-state index contributed by atoms with van der Waals surface area (Å²) in [6, 6.07) is 3.34. The second kappa shape index (κ2) is 5.72. The fourth-order valence-electron chi connectivity index (χ4n) is 0.744. The molecule has 1 aromatic rings. The standard InChI is InChI=1S/C7H7FO3S.Na/c1-11-7-4-5(12(9)10)2-3-6(7)8;/h2-4H,1H3,(H,9,10);/q;+1/p-1. The Bertz CT molecular complexity index is 319. The minimum Gasteiger partial charge on any atom is -0.768 e. The SMILES string of the molecule is COc1cc(S(=O)[O-])ccc1F.[Na+]. The van der Waals surface area contributed by atoms with Crippen LogP contribution in [0.2, 0.25) is 0 Å². The molecule has 0 aliphatic carbocycles. The van der Waals surface area contributed by atoms with Gasteiger partial charge in [0.15, 0.2) is 11.6 Å². The van der Waals surface area contributed by atoms with E-state index in [-0.39, 0.29) is 40.2 Å². The third-order valence-corrected chi connectivity index (χ3v) is 1.95. The first-order valence-electron chi connectivity index (χ1n) is 3.08. The molecular formula is C7H6FNaO3S. The number of methoxy groups -OCH3 is 1. The van der Waals surface area contributed by atoms with Crippen LogP contribution in [-0.2, 0) is 11.1 Å². The van der Waals surface area contributed by atoms with Gasteiger partial charge in [-0.3, -0.25) is 4.21 Å². The minimum absolute atomic E-state index is 0. The first kappa shape index (κ1) is 13.1. The van der Waals surface area contributed by atoms with E-state index in [0.29, 0.717) is 0 Å². The van der Waals surface area contributed by atoms with Crippen molar-refractivity contribution in [1.82, 2.24) is 0 Å². The predicted molar refractivity (Wildman–Crippen MR) is 40.1 cm³/mol. The molecule has 3 nitrogen and oxygen atoms in total. The van der Waals surface area contributed by atoms with Crippen LogP contribution in [0, 0.1) is 5.82 Å². The van der Waals surface area contributed by atoms with Gasteiger partial charge in [0, 0.05) is 4.90 Å². The normalized spacial score (nSPS) is 11.6. The molecule has 0 radical (unpaired) electrons. The number of benzene rings is 1. The summed E-state index contributed by atoms with van der Waals surface area (Å²) in [5.41, 5.74) is 0. The maximum absolute atomic E-state index is 12.7. The van der Waals surface area contributed by atoms with Gasteiger partial charge in [-0.05, 0) is 29.3 Å².